The number of hydrogen-bond acceptors (Lipinski definition) is 4. The minimum absolute atomic E-state index is 0.132. The number of carbonyl (C=O) groups excluding carboxylic acids is 1. The number of anilines is 1. The van der Waals surface area contributed by atoms with Crippen molar-refractivity contribution in [1.82, 2.24) is 4.31 Å². The van der Waals surface area contributed by atoms with Crippen molar-refractivity contribution < 1.29 is 13.2 Å². The molecule has 1 amide bonds. The number of sulfonamides is 1. The summed E-state index contributed by atoms with van der Waals surface area (Å²) in [5, 5.41) is 2.92. The maximum atomic E-state index is 12.5. The van der Waals surface area contributed by atoms with Gasteiger partial charge < -0.3 is 5.32 Å². The maximum Gasteiger partial charge on any atom is 0.252 e. The highest BCUT2D eigenvalue weighted by Crippen LogP contribution is 2.28. The Balaban J connectivity index is 1.68. The van der Waals surface area contributed by atoms with E-state index in [1.165, 1.54) is 15.6 Å². The van der Waals surface area contributed by atoms with Crippen molar-refractivity contribution in [2.75, 3.05) is 18.4 Å². The molecule has 0 saturated carbocycles. The Kier molecular flexibility index (Phi) is 5.56. The van der Waals surface area contributed by atoms with Crippen LogP contribution in [0.25, 0.3) is 0 Å². The second-order valence-electron chi connectivity index (χ2n) is 6.07. The fraction of sp³-hybridized carbons (Fsp3) is 0.389. The van der Waals surface area contributed by atoms with Crippen molar-refractivity contribution in [3.8, 4) is 0 Å². The van der Waals surface area contributed by atoms with Gasteiger partial charge in [-0.2, -0.15) is 4.31 Å². The minimum atomic E-state index is -3.40. The van der Waals surface area contributed by atoms with E-state index in [1.807, 2.05) is 31.2 Å². The number of benzene rings is 1. The second kappa shape index (κ2) is 7.68. The Morgan fingerprint density at radius 3 is 2.60 bits per heavy atom. The molecule has 1 saturated heterocycles. The summed E-state index contributed by atoms with van der Waals surface area (Å²) in [5.74, 6) is -0.132. The van der Waals surface area contributed by atoms with Crippen molar-refractivity contribution in [2.24, 2.45) is 0 Å². The molecule has 1 aliphatic rings. The zero-order valence-electron chi connectivity index (χ0n) is 14.2. The summed E-state index contributed by atoms with van der Waals surface area (Å²) >= 11 is 1.19. The van der Waals surface area contributed by atoms with Crippen molar-refractivity contribution in [1.29, 1.82) is 0 Å². The Morgan fingerprint density at radius 2 is 1.88 bits per heavy atom. The molecule has 0 atom stereocenters. The normalized spacial score (nSPS) is 15.4. The fourth-order valence-corrected chi connectivity index (χ4v) is 5.98. The minimum Gasteiger partial charge on any atom is -0.326 e. The number of para-hydroxylation sites is 1. The van der Waals surface area contributed by atoms with Gasteiger partial charge in [-0.1, -0.05) is 25.1 Å². The number of nitrogens with zero attached hydrogens (tertiary/aromatic N) is 1. The lowest BCUT2D eigenvalue weighted by Gasteiger charge is -2.13. The van der Waals surface area contributed by atoms with E-state index in [2.05, 4.69) is 5.32 Å². The molecule has 2 heterocycles. The van der Waals surface area contributed by atoms with Crippen LogP contribution in [0.4, 0.5) is 5.69 Å². The van der Waals surface area contributed by atoms with Gasteiger partial charge in [-0.05, 0) is 43.0 Å². The zero-order valence-corrected chi connectivity index (χ0v) is 15.8. The van der Waals surface area contributed by atoms with Crippen LogP contribution in [-0.2, 0) is 27.7 Å². The first kappa shape index (κ1) is 18.1. The molecule has 1 aliphatic heterocycles. The van der Waals surface area contributed by atoms with E-state index in [9.17, 15) is 13.2 Å². The number of hydrogen-bond donors (Lipinski definition) is 1. The Bertz CT molecular complexity index is 853. The molecule has 1 N–H and O–H groups in total. The van der Waals surface area contributed by atoms with Gasteiger partial charge in [0.1, 0.15) is 4.21 Å². The summed E-state index contributed by atoms with van der Waals surface area (Å²) in [4.78, 5) is 13.1. The lowest BCUT2D eigenvalue weighted by atomic mass is 10.1. The predicted octanol–water partition coefficient (Wildman–Crippen LogP) is 3.28. The summed E-state index contributed by atoms with van der Waals surface area (Å²) in [6.45, 7) is 3.22. The van der Waals surface area contributed by atoms with Crippen LogP contribution in [-0.4, -0.2) is 31.7 Å². The van der Waals surface area contributed by atoms with Crippen LogP contribution in [0, 0.1) is 0 Å². The highest BCUT2D eigenvalue weighted by molar-refractivity contribution is 7.91. The largest absolute Gasteiger partial charge is 0.326 e. The maximum absolute atomic E-state index is 12.5. The van der Waals surface area contributed by atoms with Gasteiger partial charge in [0.05, 0.1) is 6.42 Å². The Morgan fingerprint density at radius 1 is 1.16 bits per heavy atom. The van der Waals surface area contributed by atoms with E-state index in [0.717, 1.165) is 35.4 Å². The number of carbonyl (C=O) groups is 1. The summed E-state index contributed by atoms with van der Waals surface area (Å²) in [6.07, 6.45) is 2.85. The molecule has 7 heteroatoms. The zero-order chi connectivity index (χ0) is 17.9. The van der Waals surface area contributed by atoms with Crippen molar-refractivity contribution in [2.45, 2.75) is 36.8 Å². The lowest BCUT2D eigenvalue weighted by Crippen LogP contribution is -2.27. The molecule has 0 radical (unpaired) electrons. The van der Waals surface area contributed by atoms with E-state index >= 15 is 0 Å². The van der Waals surface area contributed by atoms with Crippen LogP contribution in [0.3, 0.4) is 0 Å². The highest BCUT2D eigenvalue weighted by Gasteiger charge is 2.28. The number of nitrogens with one attached hydrogen (secondary N) is 1. The number of rotatable bonds is 6. The van der Waals surface area contributed by atoms with Crippen LogP contribution in [0.5, 0.6) is 0 Å². The van der Waals surface area contributed by atoms with E-state index in [0.29, 0.717) is 17.3 Å². The third-order valence-corrected chi connectivity index (χ3v) is 7.75. The lowest BCUT2D eigenvalue weighted by molar-refractivity contribution is -0.115. The molecular formula is C18H22N2O3S2. The average molecular weight is 379 g/mol. The SMILES string of the molecule is CCc1ccccc1NC(=O)Cc1ccc(S(=O)(=O)N2CCCC2)s1. The molecule has 0 spiro atoms. The Labute approximate surface area is 152 Å². The fourth-order valence-electron chi connectivity index (χ4n) is 2.95. The molecule has 5 nitrogen and oxygen atoms in total. The first-order valence-electron chi connectivity index (χ1n) is 8.47. The standard InChI is InChI=1S/C18H22N2O3S2/c1-2-14-7-3-4-8-16(14)19-17(21)13-15-9-10-18(24-15)25(22,23)20-11-5-6-12-20/h3-4,7-10H,2,5-6,11-13H2,1H3,(H,19,21). The van der Waals surface area contributed by atoms with Crippen molar-refractivity contribution >= 4 is 33.0 Å². The van der Waals surface area contributed by atoms with Crippen LogP contribution in [0.1, 0.15) is 30.2 Å². The molecule has 134 valence electrons. The summed E-state index contributed by atoms with van der Waals surface area (Å²) in [7, 11) is -3.40. The Hall–Kier alpha value is -1.70. The predicted molar refractivity (Wildman–Crippen MR) is 100 cm³/mol. The number of amides is 1. The third kappa shape index (κ3) is 4.11. The monoisotopic (exact) mass is 378 g/mol. The first-order chi connectivity index (χ1) is 12.0. The van der Waals surface area contributed by atoms with E-state index < -0.39 is 10.0 Å². The number of aryl methyl sites for hydroxylation is 1. The summed E-state index contributed by atoms with van der Waals surface area (Å²) < 4.78 is 26.9. The first-order valence-corrected chi connectivity index (χ1v) is 10.7. The third-order valence-electron chi connectivity index (χ3n) is 4.30. The summed E-state index contributed by atoms with van der Waals surface area (Å²) in [5.41, 5.74) is 1.90. The van der Waals surface area contributed by atoms with E-state index in [-0.39, 0.29) is 12.3 Å². The van der Waals surface area contributed by atoms with E-state index in [1.54, 1.807) is 12.1 Å². The molecule has 2 aromatic rings. The highest BCUT2D eigenvalue weighted by atomic mass is 32.2. The molecule has 0 aliphatic carbocycles. The molecule has 1 aromatic carbocycles. The molecule has 1 aromatic heterocycles. The van der Waals surface area contributed by atoms with Crippen LogP contribution < -0.4 is 5.32 Å². The van der Waals surface area contributed by atoms with Gasteiger partial charge >= 0.3 is 0 Å². The topological polar surface area (TPSA) is 66.5 Å². The van der Waals surface area contributed by atoms with Crippen LogP contribution in [0.15, 0.2) is 40.6 Å². The molecule has 0 bridgehead atoms. The van der Waals surface area contributed by atoms with Crippen LogP contribution in [0.2, 0.25) is 0 Å². The van der Waals surface area contributed by atoms with Gasteiger partial charge in [0.15, 0.2) is 0 Å². The second-order valence-corrected chi connectivity index (χ2v) is 9.40. The van der Waals surface area contributed by atoms with Gasteiger partial charge in [-0.15, -0.1) is 11.3 Å². The van der Waals surface area contributed by atoms with Crippen molar-refractivity contribution in [3.63, 3.8) is 0 Å². The van der Waals surface area contributed by atoms with E-state index in [4.69, 9.17) is 0 Å². The number of thiophene rings is 1. The summed E-state index contributed by atoms with van der Waals surface area (Å²) in [6, 6.07) is 11.1. The van der Waals surface area contributed by atoms with Crippen molar-refractivity contribution in [3.05, 3.63) is 46.8 Å². The molecule has 25 heavy (non-hydrogen) atoms. The van der Waals surface area contributed by atoms with Gasteiger partial charge in [-0.3, -0.25) is 4.79 Å². The average Bonchev–Trinajstić information content (AvgIpc) is 3.27. The smallest absolute Gasteiger partial charge is 0.252 e. The molecule has 0 unspecified atom stereocenters. The van der Waals surface area contributed by atoms with Gasteiger partial charge in [-0.25, -0.2) is 8.42 Å². The molecular weight excluding hydrogens is 356 g/mol. The molecule has 3 rings (SSSR count). The van der Waals surface area contributed by atoms with Crippen LogP contribution >= 0.6 is 11.3 Å². The molecule has 1 fully saturated rings. The quantitative estimate of drug-likeness (QED) is 0.839. The van der Waals surface area contributed by atoms with Gasteiger partial charge in [0.25, 0.3) is 10.0 Å². The van der Waals surface area contributed by atoms with Gasteiger partial charge in [0, 0.05) is 23.7 Å². The van der Waals surface area contributed by atoms with Gasteiger partial charge in [0.2, 0.25) is 5.91 Å².